The largest absolute Gasteiger partial charge is 0.497 e. The summed E-state index contributed by atoms with van der Waals surface area (Å²) in [4.78, 5) is 12.2. The molecule has 6 nitrogen and oxygen atoms in total. The van der Waals surface area contributed by atoms with Crippen molar-refractivity contribution in [1.29, 1.82) is 0 Å². The van der Waals surface area contributed by atoms with Gasteiger partial charge in [0.1, 0.15) is 5.75 Å². The normalized spacial score (nSPS) is 11.3. The van der Waals surface area contributed by atoms with E-state index in [9.17, 15) is 13.2 Å². The number of methoxy groups -OCH3 is 1. The second kappa shape index (κ2) is 7.78. The van der Waals surface area contributed by atoms with Crippen molar-refractivity contribution in [1.82, 2.24) is 4.31 Å². The molecule has 2 aromatic rings. The molecule has 0 radical (unpaired) electrons. The molecular formula is C16H17BrN2O4S. The molecule has 0 bridgehead atoms. The zero-order valence-corrected chi connectivity index (χ0v) is 15.6. The van der Waals surface area contributed by atoms with Crippen LogP contribution in [0.4, 0.5) is 5.69 Å². The van der Waals surface area contributed by atoms with E-state index < -0.39 is 15.9 Å². The van der Waals surface area contributed by atoms with Crippen molar-refractivity contribution in [3.63, 3.8) is 0 Å². The molecule has 0 aromatic heterocycles. The van der Waals surface area contributed by atoms with Crippen LogP contribution in [0.1, 0.15) is 0 Å². The van der Waals surface area contributed by atoms with Crippen molar-refractivity contribution in [3.8, 4) is 5.75 Å². The first-order valence-corrected chi connectivity index (χ1v) is 9.22. The van der Waals surface area contributed by atoms with E-state index in [0.717, 1.165) is 4.31 Å². The number of nitrogens with one attached hydrogen (secondary N) is 1. The van der Waals surface area contributed by atoms with Crippen LogP contribution in [0.2, 0.25) is 0 Å². The Hall–Kier alpha value is -1.90. The highest BCUT2D eigenvalue weighted by Gasteiger charge is 2.23. The van der Waals surface area contributed by atoms with E-state index in [1.54, 1.807) is 43.5 Å². The summed E-state index contributed by atoms with van der Waals surface area (Å²) in [5.74, 6) is 0.239. The van der Waals surface area contributed by atoms with Gasteiger partial charge in [0.25, 0.3) is 0 Å². The van der Waals surface area contributed by atoms with Crippen LogP contribution < -0.4 is 10.1 Å². The van der Waals surface area contributed by atoms with E-state index in [1.807, 2.05) is 0 Å². The predicted molar refractivity (Wildman–Crippen MR) is 95.6 cm³/mol. The monoisotopic (exact) mass is 412 g/mol. The van der Waals surface area contributed by atoms with Crippen LogP contribution >= 0.6 is 15.9 Å². The Morgan fingerprint density at radius 1 is 1.21 bits per heavy atom. The third-order valence-corrected chi connectivity index (χ3v) is 5.54. The van der Waals surface area contributed by atoms with E-state index >= 15 is 0 Å². The van der Waals surface area contributed by atoms with Gasteiger partial charge in [-0.15, -0.1) is 0 Å². The number of likely N-dealkylation sites (N-methyl/N-ethyl adjacent to an activating group) is 1. The number of hydrogen-bond donors (Lipinski definition) is 1. The molecular weight excluding hydrogens is 396 g/mol. The molecule has 0 saturated carbocycles. The Kier molecular flexibility index (Phi) is 5.98. The van der Waals surface area contributed by atoms with Gasteiger partial charge in [-0.05, 0) is 42.5 Å². The minimum absolute atomic E-state index is 0.122. The number of rotatable bonds is 6. The number of sulfonamides is 1. The number of nitrogens with zero attached hydrogens (tertiary/aromatic N) is 1. The van der Waals surface area contributed by atoms with E-state index in [-0.39, 0.29) is 11.4 Å². The highest BCUT2D eigenvalue weighted by molar-refractivity contribution is 9.10. The summed E-state index contributed by atoms with van der Waals surface area (Å²) in [5.41, 5.74) is 0.564. The predicted octanol–water partition coefficient (Wildman–Crippen LogP) is 2.72. The first-order valence-electron chi connectivity index (χ1n) is 6.99. The molecule has 1 amide bonds. The molecule has 0 atom stereocenters. The minimum Gasteiger partial charge on any atom is -0.497 e. The smallest absolute Gasteiger partial charge is 0.243 e. The van der Waals surface area contributed by atoms with Crippen LogP contribution in [0, 0.1) is 0 Å². The van der Waals surface area contributed by atoms with Crippen molar-refractivity contribution < 1.29 is 17.9 Å². The molecule has 8 heteroatoms. The summed E-state index contributed by atoms with van der Waals surface area (Å²) >= 11 is 3.24. The fourth-order valence-corrected chi connectivity index (χ4v) is 3.69. The summed E-state index contributed by atoms with van der Waals surface area (Å²) < 4.78 is 31.6. The number of anilines is 1. The average molecular weight is 413 g/mol. The summed E-state index contributed by atoms with van der Waals surface area (Å²) in [7, 11) is -0.821. The molecule has 2 rings (SSSR count). The fourth-order valence-electron chi connectivity index (χ4n) is 1.97. The molecule has 0 heterocycles. The van der Waals surface area contributed by atoms with Crippen LogP contribution in [-0.2, 0) is 14.8 Å². The zero-order valence-electron chi connectivity index (χ0n) is 13.2. The van der Waals surface area contributed by atoms with Gasteiger partial charge in [0.15, 0.2) is 0 Å². The maximum atomic E-state index is 12.5. The van der Waals surface area contributed by atoms with Gasteiger partial charge in [-0.2, -0.15) is 4.31 Å². The van der Waals surface area contributed by atoms with Gasteiger partial charge in [0, 0.05) is 17.2 Å². The van der Waals surface area contributed by atoms with Crippen molar-refractivity contribution in [2.45, 2.75) is 4.90 Å². The maximum Gasteiger partial charge on any atom is 0.243 e. The van der Waals surface area contributed by atoms with E-state index in [0.29, 0.717) is 15.9 Å². The second-order valence-corrected chi connectivity index (χ2v) is 7.96. The van der Waals surface area contributed by atoms with Crippen molar-refractivity contribution in [2.24, 2.45) is 0 Å². The molecule has 0 unspecified atom stereocenters. The number of hydrogen-bond acceptors (Lipinski definition) is 4. The standard InChI is InChI=1S/C16H17BrN2O4S/c1-19(24(21,22)15-5-3-4-12(17)10-15)11-16(20)18-13-6-8-14(23-2)9-7-13/h3-10H,11H2,1-2H3,(H,18,20). The number of amides is 1. The lowest BCUT2D eigenvalue weighted by Gasteiger charge is -2.17. The van der Waals surface area contributed by atoms with Gasteiger partial charge in [-0.25, -0.2) is 8.42 Å². The average Bonchev–Trinajstić information content (AvgIpc) is 2.55. The second-order valence-electron chi connectivity index (χ2n) is 5.00. The zero-order chi connectivity index (χ0) is 17.7. The van der Waals surface area contributed by atoms with Crippen LogP contribution in [0.5, 0.6) is 5.75 Å². The maximum absolute atomic E-state index is 12.5. The Morgan fingerprint density at radius 3 is 2.46 bits per heavy atom. The third kappa shape index (κ3) is 4.56. The van der Waals surface area contributed by atoms with Gasteiger partial charge in [0.2, 0.25) is 15.9 Å². The van der Waals surface area contributed by atoms with E-state index in [1.165, 1.54) is 19.2 Å². The molecule has 24 heavy (non-hydrogen) atoms. The Labute approximate surface area is 149 Å². The minimum atomic E-state index is -3.74. The highest BCUT2D eigenvalue weighted by atomic mass is 79.9. The van der Waals surface area contributed by atoms with Gasteiger partial charge in [0.05, 0.1) is 18.6 Å². The number of halogens is 1. The number of ether oxygens (including phenoxy) is 1. The van der Waals surface area contributed by atoms with Crippen molar-refractivity contribution in [3.05, 3.63) is 53.0 Å². The SMILES string of the molecule is COc1ccc(NC(=O)CN(C)S(=O)(=O)c2cccc(Br)c2)cc1. The topological polar surface area (TPSA) is 75.7 Å². The van der Waals surface area contributed by atoms with Crippen LogP contribution in [0.3, 0.4) is 0 Å². The summed E-state index contributed by atoms with van der Waals surface area (Å²) in [6, 6.07) is 13.1. The molecule has 0 spiro atoms. The molecule has 2 aromatic carbocycles. The van der Waals surface area contributed by atoms with Gasteiger partial charge >= 0.3 is 0 Å². The molecule has 0 fully saturated rings. The van der Waals surface area contributed by atoms with Gasteiger partial charge in [-0.1, -0.05) is 22.0 Å². The molecule has 0 aliphatic heterocycles. The van der Waals surface area contributed by atoms with E-state index in [2.05, 4.69) is 21.2 Å². The first kappa shape index (κ1) is 18.4. The quantitative estimate of drug-likeness (QED) is 0.790. The highest BCUT2D eigenvalue weighted by Crippen LogP contribution is 2.19. The van der Waals surface area contributed by atoms with E-state index in [4.69, 9.17) is 4.74 Å². The molecule has 0 aliphatic carbocycles. The first-order chi connectivity index (χ1) is 11.3. The summed E-state index contributed by atoms with van der Waals surface area (Å²) in [5, 5.41) is 2.65. The van der Waals surface area contributed by atoms with Crippen LogP contribution in [-0.4, -0.2) is 39.3 Å². The van der Waals surface area contributed by atoms with Crippen molar-refractivity contribution in [2.75, 3.05) is 26.0 Å². The third-order valence-electron chi connectivity index (χ3n) is 3.24. The molecule has 0 aliphatic rings. The molecule has 128 valence electrons. The number of benzene rings is 2. The number of carbonyl (C=O) groups is 1. The van der Waals surface area contributed by atoms with Gasteiger partial charge < -0.3 is 10.1 Å². The Morgan fingerprint density at radius 2 is 1.88 bits per heavy atom. The lowest BCUT2D eigenvalue weighted by Crippen LogP contribution is -2.34. The number of carbonyl (C=O) groups excluding carboxylic acids is 1. The summed E-state index contributed by atoms with van der Waals surface area (Å²) in [6.07, 6.45) is 0. The Bertz CT molecular complexity index is 822. The fraction of sp³-hybridized carbons (Fsp3) is 0.188. The van der Waals surface area contributed by atoms with Crippen molar-refractivity contribution >= 4 is 37.5 Å². The lowest BCUT2D eigenvalue weighted by atomic mass is 10.3. The van der Waals surface area contributed by atoms with Crippen LogP contribution in [0.15, 0.2) is 57.9 Å². The summed E-state index contributed by atoms with van der Waals surface area (Å²) in [6.45, 7) is -0.291. The Balaban J connectivity index is 2.04. The lowest BCUT2D eigenvalue weighted by molar-refractivity contribution is -0.116. The molecule has 0 saturated heterocycles. The van der Waals surface area contributed by atoms with Gasteiger partial charge in [-0.3, -0.25) is 4.79 Å². The molecule has 1 N–H and O–H groups in total. The van der Waals surface area contributed by atoms with Crippen LogP contribution in [0.25, 0.3) is 0 Å².